The number of carboxylic acids is 1. The highest BCUT2D eigenvalue weighted by Crippen LogP contribution is 2.23. The van der Waals surface area contributed by atoms with Gasteiger partial charge in [0, 0.05) is 11.5 Å². The first-order valence-corrected chi connectivity index (χ1v) is 6.85. The third-order valence-electron chi connectivity index (χ3n) is 2.49. The van der Waals surface area contributed by atoms with E-state index in [9.17, 15) is 14.7 Å². The summed E-state index contributed by atoms with van der Waals surface area (Å²) in [5, 5.41) is 9.35. The fourth-order valence-electron chi connectivity index (χ4n) is 1.62. The summed E-state index contributed by atoms with van der Waals surface area (Å²) in [6, 6.07) is 5.69. The van der Waals surface area contributed by atoms with E-state index in [1.165, 1.54) is 7.05 Å². The van der Waals surface area contributed by atoms with Gasteiger partial charge in [0.05, 0.1) is 0 Å². The number of benzene rings is 1. The molecule has 1 rings (SSSR count). The summed E-state index contributed by atoms with van der Waals surface area (Å²) in [6.07, 6.45) is -0.673. The van der Waals surface area contributed by atoms with Crippen molar-refractivity contribution in [3.05, 3.63) is 34.3 Å². The van der Waals surface area contributed by atoms with Gasteiger partial charge in [-0.25, -0.2) is 9.59 Å². The number of carboxylic acid groups (broad SMARTS) is 1. The van der Waals surface area contributed by atoms with Gasteiger partial charge in [0.15, 0.2) is 6.04 Å². The van der Waals surface area contributed by atoms with Crippen LogP contribution in [0.15, 0.2) is 28.7 Å². The van der Waals surface area contributed by atoms with E-state index in [0.29, 0.717) is 5.56 Å². The Balaban J connectivity index is 2.99. The molecular weight excluding hydrogens is 326 g/mol. The van der Waals surface area contributed by atoms with Crippen LogP contribution in [0.2, 0.25) is 0 Å². The Morgan fingerprint density at radius 3 is 2.15 bits per heavy atom. The third-order valence-corrected chi connectivity index (χ3v) is 3.02. The number of carbonyl (C=O) groups excluding carboxylic acids is 1. The summed E-state index contributed by atoms with van der Waals surface area (Å²) in [7, 11) is 1.41. The number of rotatable bonds is 3. The van der Waals surface area contributed by atoms with Crippen LogP contribution >= 0.6 is 15.9 Å². The Morgan fingerprint density at radius 2 is 1.75 bits per heavy atom. The summed E-state index contributed by atoms with van der Waals surface area (Å²) in [6.45, 7) is 5.19. The molecule has 1 N–H and O–H groups in total. The molecule has 0 saturated heterocycles. The average molecular weight is 344 g/mol. The van der Waals surface area contributed by atoms with Crippen LogP contribution in [-0.2, 0) is 9.53 Å². The number of carbonyl (C=O) groups is 2. The maximum atomic E-state index is 12.0. The molecule has 0 bridgehead atoms. The Labute approximate surface area is 126 Å². The van der Waals surface area contributed by atoms with Gasteiger partial charge in [-0.3, -0.25) is 4.90 Å². The minimum Gasteiger partial charge on any atom is -0.479 e. The number of nitrogens with zero attached hydrogens (tertiary/aromatic N) is 1. The van der Waals surface area contributed by atoms with E-state index in [-0.39, 0.29) is 0 Å². The van der Waals surface area contributed by atoms with E-state index in [1.54, 1.807) is 45.0 Å². The molecule has 0 unspecified atom stereocenters. The molecule has 5 nitrogen and oxygen atoms in total. The highest BCUT2D eigenvalue weighted by Gasteiger charge is 2.31. The van der Waals surface area contributed by atoms with Gasteiger partial charge in [-0.2, -0.15) is 0 Å². The molecule has 0 aliphatic rings. The lowest BCUT2D eigenvalue weighted by Crippen LogP contribution is -2.39. The van der Waals surface area contributed by atoms with Crippen molar-refractivity contribution in [2.45, 2.75) is 32.4 Å². The van der Waals surface area contributed by atoms with E-state index in [1.807, 2.05) is 0 Å². The Morgan fingerprint density at radius 1 is 1.25 bits per heavy atom. The highest BCUT2D eigenvalue weighted by molar-refractivity contribution is 9.10. The van der Waals surface area contributed by atoms with Crippen molar-refractivity contribution < 1.29 is 19.4 Å². The summed E-state index contributed by atoms with van der Waals surface area (Å²) >= 11 is 3.28. The van der Waals surface area contributed by atoms with Crippen molar-refractivity contribution in [2.24, 2.45) is 0 Å². The van der Waals surface area contributed by atoms with Crippen LogP contribution in [0.1, 0.15) is 32.4 Å². The molecule has 0 aliphatic carbocycles. The van der Waals surface area contributed by atoms with Crippen molar-refractivity contribution >= 4 is 28.0 Å². The minimum atomic E-state index is -1.11. The van der Waals surface area contributed by atoms with Crippen LogP contribution in [0.4, 0.5) is 4.79 Å². The zero-order valence-corrected chi connectivity index (χ0v) is 13.5. The Kier molecular flexibility index (Phi) is 5.16. The molecule has 1 amide bonds. The lowest BCUT2D eigenvalue weighted by molar-refractivity contribution is -0.142. The second-order valence-corrected chi connectivity index (χ2v) is 6.30. The van der Waals surface area contributed by atoms with Crippen LogP contribution in [0.3, 0.4) is 0 Å². The summed E-state index contributed by atoms with van der Waals surface area (Å²) < 4.78 is 6.03. The van der Waals surface area contributed by atoms with Crippen LogP contribution in [0.5, 0.6) is 0 Å². The molecule has 0 spiro atoms. The normalized spacial score (nSPS) is 12.7. The second kappa shape index (κ2) is 6.26. The largest absolute Gasteiger partial charge is 0.479 e. The predicted molar refractivity (Wildman–Crippen MR) is 78.5 cm³/mol. The van der Waals surface area contributed by atoms with Crippen molar-refractivity contribution in [3.8, 4) is 0 Å². The van der Waals surface area contributed by atoms with Crippen LogP contribution in [0, 0.1) is 0 Å². The zero-order chi connectivity index (χ0) is 15.5. The molecule has 6 heteroatoms. The molecule has 20 heavy (non-hydrogen) atoms. The summed E-state index contributed by atoms with van der Waals surface area (Å²) in [4.78, 5) is 24.5. The molecule has 0 radical (unpaired) electrons. The Hall–Kier alpha value is -1.56. The van der Waals surface area contributed by atoms with E-state index < -0.39 is 23.7 Å². The Bertz CT molecular complexity index is 493. The monoisotopic (exact) mass is 343 g/mol. The van der Waals surface area contributed by atoms with Crippen molar-refractivity contribution in [1.29, 1.82) is 0 Å². The van der Waals surface area contributed by atoms with Crippen LogP contribution in [0.25, 0.3) is 0 Å². The molecule has 110 valence electrons. The van der Waals surface area contributed by atoms with Gasteiger partial charge in [-0.05, 0) is 38.5 Å². The molecule has 0 aliphatic heterocycles. The van der Waals surface area contributed by atoms with Crippen molar-refractivity contribution in [3.63, 3.8) is 0 Å². The summed E-state index contributed by atoms with van der Waals surface area (Å²) in [5.74, 6) is -1.11. The number of amides is 1. The SMILES string of the molecule is CN(C(=O)OC(C)(C)C)[C@H](C(=O)O)c1ccc(Br)cc1. The second-order valence-electron chi connectivity index (χ2n) is 5.38. The van der Waals surface area contributed by atoms with Gasteiger partial charge in [0.25, 0.3) is 0 Å². The van der Waals surface area contributed by atoms with Gasteiger partial charge in [-0.1, -0.05) is 28.1 Å². The van der Waals surface area contributed by atoms with E-state index >= 15 is 0 Å². The van der Waals surface area contributed by atoms with Gasteiger partial charge in [0.1, 0.15) is 5.60 Å². The quantitative estimate of drug-likeness (QED) is 0.912. The first-order valence-electron chi connectivity index (χ1n) is 6.06. The predicted octanol–water partition coefficient (Wildman–Crippen LogP) is 3.44. The fourth-order valence-corrected chi connectivity index (χ4v) is 1.88. The maximum Gasteiger partial charge on any atom is 0.411 e. The topological polar surface area (TPSA) is 66.8 Å². The lowest BCUT2D eigenvalue weighted by atomic mass is 10.1. The lowest BCUT2D eigenvalue weighted by Gasteiger charge is -2.28. The number of ether oxygens (including phenoxy) is 1. The third kappa shape index (κ3) is 4.52. The number of likely N-dealkylation sites (N-methyl/N-ethyl adjacent to an activating group) is 1. The van der Waals surface area contributed by atoms with Gasteiger partial charge >= 0.3 is 12.1 Å². The van der Waals surface area contributed by atoms with Crippen molar-refractivity contribution in [2.75, 3.05) is 7.05 Å². The molecule has 0 heterocycles. The van der Waals surface area contributed by atoms with Crippen LogP contribution < -0.4 is 0 Å². The summed E-state index contributed by atoms with van der Waals surface area (Å²) in [5.41, 5.74) is -0.164. The number of aliphatic carboxylic acids is 1. The van der Waals surface area contributed by atoms with Gasteiger partial charge in [0.2, 0.25) is 0 Å². The number of hydrogen-bond acceptors (Lipinski definition) is 3. The van der Waals surface area contributed by atoms with E-state index in [2.05, 4.69) is 15.9 Å². The molecule has 1 aromatic carbocycles. The number of halogens is 1. The molecule has 0 saturated carbocycles. The standard InChI is InChI=1S/C14H18BrNO4/c1-14(2,3)20-13(19)16(4)11(12(17)18)9-5-7-10(15)8-6-9/h5-8,11H,1-4H3,(H,17,18)/t11-/m0/s1. The molecule has 0 fully saturated rings. The van der Waals surface area contributed by atoms with Gasteiger partial charge < -0.3 is 9.84 Å². The minimum absolute atomic E-state index is 0.508. The molecule has 1 atom stereocenters. The highest BCUT2D eigenvalue weighted by atomic mass is 79.9. The van der Waals surface area contributed by atoms with Crippen molar-refractivity contribution in [1.82, 2.24) is 4.90 Å². The number of hydrogen-bond donors (Lipinski definition) is 1. The van der Waals surface area contributed by atoms with E-state index in [4.69, 9.17) is 4.74 Å². The first-order chi connectivity index (χ1) is 9.11. The van der Waals surface area contributed by atoms with Gasteiger partial charge in [-0.15, -0.1) is 0 Å². The fraction of sp³-hybridized carbons (Fsp3) is 0.429. The zero-order valence-electron chi connectivity index (χ0n) is 11.9. The molecular formula is C14H18BrNO4. The first kappa shape index (κ1) is 16.5. The van der Waals surface area contributed by atoms with E-state index in [0.717, 1.165) is 9.37 Å². The van der Waals surface area contributed by atoms with Crippen LogP contribution in [-0.4, -0.2) is 34.7 Å². The smallest absolute Gasteiger partial charge is 0.411 e. The molecule has 1 aromatic rings. The average Bonchev–Trinajstić information content (AvgIpc) is 2.29. The molecule has 0 aromatic heterocycles. The maximum absolute atomic E-state index is 12.0.